The lowest BCUT2D eigenvalue weighted by molar-refractivity contribution is -0.0352. The van der Waals surface area contributed by atoms with Gasteiger partial charge in [-0.3, -0.25) is 4.79 Å². The number of aliphatic hydroxyl groups excluding tert-OH is 1. The summed E-state index contributed by atoms with van der Waals surface area (Å²) >= 11 is 0. The second-order valence-electron chi connectivity index (χ2n) is 5.42. The zero-order chi connectivity index (χ0) is 16.5. The summed E-state index contributed by atoms with van der Waals surface area (Å²) in [5.41, 5.74) is -0.975. The van der Waals surface area contributed by atoms with Crippen LogP contribution in [0.25, 0.3) is 0 Å². The lowest BCUT2D eigenvalue weighted by atomic mass is 10.0. The Labute approximate surface area is 128 Å². The van der Waals surface area contributed by atoms with Crippen molar-refractivity contribution in [3.05, 3.63) is 23.8 Å². The van der Waals surface area contributed by atoms with Crippen molar-refractivity contribution in [3.8, 4) is 0 Å². The van der Waals surface area contributed by atoms with Crippen LogP contribution >= 0.6 is 0 Å². The van der Waals surface area contributed by atoms with Crippen LogP contribution in [0.1, 0.15) is 16.1 Å². The smallest absolute Gasteiger partial charge is 0.257 e. The van der Waals surface area contributed by atoms with Gasteiger partial charge in [0.15, 0.2) is 0 Å². The molecule has 2 heterocycles. The Hall–Kier alpha value is -1.62. The molecule has 2 atom stereocenters. The summed E-state index contributed by atoms with van der Waals surface area (Å²) in [7, 11) is -3.51. The molecule has 0 unspecified atom stereocenters. The predicted octanol–water partition coefficient (Wildman–Crippen LogP) is -2.12. The van der Waals surface area contributed by atoms with Gasteiger partial charge < -0.3 is 15.1 Å². The summed E-state index contributed by atoms with van der Waals surface area (Å²) in [4.78, 5) is 21.3. The zero-order valence-electron chi connectivity index (χ0n) is 12.2. The third-order valence-electron chi connectivity index (χ3n) is 3.55. The Morgan fingerprint density at radius 1 is 1.59 bits per heavy atom. The monoisotopic (exact) mass is 330 g/mol. The summed E-state index contributed by atoms with van der Waals surface area (Å²) in [6.45, 7) is 0.985. The van der Waals surface area contributed by atoms with Gasteiger partial charge in [-0.15, -0.1) is 0 Å². The van der Waals surface area contributed by atoms with Crippen molar-refractivity contribution in [1.29, 1.82) is 0 Å². The fourth-order valence-corrected chi connectivity index (χ4v) is 2.75. The van der Waals surface area contributed by atoms with E-state index in [0.29, 0.717) is 5.69 Å². The van der Waals surface area contributed by atoms with Crippen LogP contribution in [0.4, 0.5) is 0 Å². The minimum absolute atomic E-state index is 0.102. The van der Waals surface area contributed by atoms with Crippen LogP contribution in [0.2, 0.25) is 0 Å². The van der Waals surface area contributed by atoms with Crippen molar-refractivity contribution in [2.24, 2.45) is 0 Å². The molecule has 1 aromatic heterocycles. The van der Waals surface area contributed by atoms with E-state index in [1.54, 1.807) is 6.92 Å². The molecule has 9 nitrogen and oxygen atoms in total. The number of nitrogens with one attached hydrogen (secondary N) is 1. The molecule has 0 bridgehead atoms. The number of nitrogens with zero attached hydrogens (tertiary/aromatic N) is 3. The van der Waals surface area contributed by atoms with E-state index in [9.17, 15) is 23.4 Å². The van der Waals surface area contributed by atoms with E-state index in [1.165, 1.54) is 17.4 Å². The van der Waals surface area contributed by atoms with Crippen LogP contribution in [0.5, 0.6) is 0 Å². The van der Waals surface area contributed by atoms with Gasteiger partial charge in [-0.1, -0.05) is 0 Å². The van der Waals surface area contributed by atoms with Gasteiger partial charge >= 0.3 is 0 Å². The van der Waals surface area contributed by atoms with E-state index >= 15 is 0 Å². The Morgan fingerprint density at radius 2 is 2.27 bits per heavy atom. The third-order valence-corrected chi connectivity index (χ3v) is 4.22. The van der Waals surface area contributed by atoms with E-state index in [4.69, 9.17) is 0 Å². The number of aromatic nitrogens is 2. The molecule has 0 aliphatic carbocycles. The molecule has 2 rings (SSSR count). The molecule has 10 heteroatoms. The summed E-state index contributed by atoms with van der Waals surface area (Å²) < 4.78 is 24.4. The summed E-state index contributed by atoms with van der Waals surface area (Å²) in [5, 5.41) is 20.3. The van der Waals surface area contributed by atoms with Gasteiger partial charge in [-0.05, 0) is 6.92 Å². The van der Waals surface area contributed by atoms with Crippen molar-refractivity contribution in [1.82, 2.24) is 19.6 Å². The molecule has 1 amide bonds. The summed E-state index contributed by atoms with van der Waals surface area (Å²) in [5.74, 6) is -0.424. The molecule has 22 heavy (non-hydrogen) atoms. The van der Waals surface area contributed by atoms with E-state index in [2.05, 4.69) is 14.7 Å². The van der Waals surface area contributed by atoms with Crippen LogP contribution in [0, 0.1) is 6.92 Å². The molecule has 1 aromatic rings. The Morgan fingerprint density at radius 3 is 2.86 bits per heavy atom. The van der Waals surface area contributed by atoms with Gasteiger partial charge in [0.1, 0.15) is 18.0 Å². The number of carbonyl (C=O) groups is 1. The van der Waals surface area contributed by atoms with Crippen molar-refractivity contribution in [2.45, 2.75) is 18.6 Å². The quantitative estimate of drug-likeness (QED) is 0.575. The first-order valence-electron chi connectivity index (χ1n) is 6.53. The summed E-state index contributed by atoms with van der Waals surface area (Å²) in [6.07, 6.45) is 2.38. The fraction of sp³-hybridized carbons (Fsp3) is 0.583. The zero-order valence-corrected chi connectivity index (χ0v) is 13.0. The molecular formula is C12H18N4O5S. The highest BCUT2D eigenvalue weighted by atomic mass is 32.2. The number of hydrogen-bond acceptors (Lipinski definition) is 7. The second-order valence-corrected chi connectivity index (χ2v) is 7.25. The first kappa shape index (κ1) is 16.7. The standard InChI is InChI=1S/C12H18N4O5S/c1-8-9(3-13-7-14-8)11(18)16-4-10(17)12(19,6-16)5-15-22(2,20)21/h3,7,10,15,17,19H,4-6H2,1-2H3/t10-,12+/m1/s1. The average Bonchev–Trinajstić information content (AvgIpc) is 2.72. The number of amides is 1. The molecule has 0 aromatic carbocycles. The number of aryl methyl sites for hydroxylation is 1. The number of β-amino-alcohol motifs (C(OH)–C–C–N with tert-alkyl or cyclic N) is 2. The van der Waals surface area contributed by atoms with Gasteiger partial charge in [-0.2, -0.15) is 0 Å². The number of likely N-dealkylation sites (tertiary alicyclic amines) is 1. The minimum Gasteiger partial charge on any atom is -0.388 e. The normalized spacial score (nSPS) is 25.5. The van der Waals surface area contributed by atoms with E-state index in [1.807, 2.05) is 0 Å². The second kappa shape index (κ2) is 5.88. The Bertz CT molecular complexity index is 680. The lowest BCUT2D eigenvalue weighted by Gasteiger charge is -2.25. The number of aliphatic hydroxyl groups is 2. The van der Waals surface area contributed by atoms with Gasteiger partial charge in [0.2, 0.25) is 10.0 Å². The number of rotatable bonds is 4. The molecule has 0 saturated carbocycles. The van der Waals surface area contributed by atoms with Crippen LogP contribution in [0.15, 0.2) is 12.5 Å². The highest BCUT2D eigenvalue weighted by Crippen LogP contribution is 2.23. The van der Waals surface area contributed by atoms with E-state index in [-0.39, 0.29) is 25.2 Å². The first-order chi connectivity index (χ1) is 10.1. The molecule has 3 N–H and O–H groups in total. The molecule has 122 valence electrons. The molecule has 1 aliphatic heterocycles. The molecule has 1 aliphatic rings. The minimum atomic E-state index is -3.51. The summed E-state index contributed by atoms with van der Waals surface area (Å²) in [6, 6.07) is 0. The molecular weight excluding hydrogens is 312 g/mol. The molecule has 0 radical (unpaired) electrons. The van der Waals surface area contributed by atoms with E-state index in [0.717, 1.165) is 6.26 Å². The first-order valence-corrected chi connectivity index (χ1v) is 8.42. The SMILES string of the molecule is Cc1ncncc1C(=O)N1C[C@@H](O)[C@](O)(CNS(C)(=O)=O)C1. The van der Waals surface area contributed by atoms with Gasteiger partial charge in [0.05, 0.1) is 24.1 Å². The maximum atomic E-state index is 12.4. The highest BCUT2D eigenvalue weighted by molar-refractivity contribution is 7.88. The van der Waals surface area contributed by atoms with Crippen LogP contribution in [-0.4, -0.2) is 77.0 Å². The predicted molar refractivity (Wildman–Crippen MR) is 76.5 cm³/mol. The fourth-order valence-electron chi connectivity index (χ4n) is 2.23. The molecule has 1 fully saturated rings. The average molecular weight is 330 g/mol. The van der Waals surface area contributed by atoms with E-state index < -0.39 is 27.6 Å². The van der Waals surface area contributed by atoms with Crippen LogP contribution < -0.4 is 4.72 Å². The van der Waals surface area contributed by atoms with Crippen molar-refractivity contribution in [3.63, 3.8) is 0 Å². The molecule has 0 spiro atoms. The number of hydrogen-bond donors (Lipinski definition) is 3. The van der Waals surface area contributed by atoms with Crippen molar-refractivity contribution < 1.29 is 23.4 Å². The number of sulfonamides is 1. The highest BCUT2D eigenvalue weighted by Gasteiger charge is 2.46. The van der Waals surface area contributed by atoms with Gasteiger partial charge in [0.25, 0.3) is 5.91 Å². The third kappa shape index (κ3) is 3.58. The van der Waals surface area contributed by atoms with Crippen LogP contribution in [0.3, 0.4) is 0 Å². The maximum absolute atomic E-state index is 12.4. The van der Waals surface area contributed by atoms with Crippen molar-refractivity contribution >= 4 is 15.9 Å². The largest absolute Gasteiger partial charge is 0.388 e. The Kier molecular flexibility index (Phi) is 4.47. The van der Waals surface area contributed by atoms with Gasteiger partial charge in [0, 0.05) is 19.3 Å². The van der Waals surface area contributed by atoms with Gasteiger partial charge in [-0.25, -0.2) is 23.1 Å². The number of carbonyl (C=O) groups excluding carboxylic acids is 1. The Balaban J connectivity index is 2.13. The molecule has 1 saturated heterocycles. The maximum Gasteiger partial charge on any atom is 0.257 e. The topological polar surface area (TPSA) is 133 Å². The van der Waals surface area contributed by atoms with Crippen molar-refractivity contribution in [2.75, 3.05) is 25.9 Å². The lowest BCUT2D eigenvalue weighted by Crippen LogP contribution is -2.51. The van der Waals surface area contributed by atoms with Crippen LogP contribution in [-0.2, 0) is 10.0 Å².